The van der Waals surface area contributed by atoms with E-state index in [0.29, 0.717) is 17.0 Å². The van der Waals surface area contributed by atoms with Gasteiger partial charge < -0.3 is 23.7 Å². The lowest BCUT2D eigenvalue weighted by Crippen LogP contribution is -2.15. The number of esters is 1. The highest BCUT2D eigenvalue weighted by Gasteiger charge is 2.16. The number of aryl methyl sites for hydroxylation is 1. The number of phenols is 1. The summed E-state index contributed by atoms with van der Waals surface area (Å²) >= 11 is 0. The van der Waals surface area contributed by atoms with Crippen molar-refractivity contribution < 1.29 is 28.5 Å². The number of aromatic nitrogens is 2. The molecule has 6 aromatic rings. The van der Waals surface area contributed by atoms with Crippen LogP contribution in [0.15, 0.2) is 112 Å². The van der Waals surface area contributed by atoms with E-state index in [9.17, 15) is 14.7 Å². The van der Waals surface area contributed by atoms with E-state index in [2.05, 4.69) is 0 Å². The summed E-state index contributed by atoms with van der Waals surface area (Å²) in [6, 6.07) is 30.6. The van der Waals surface area contributed by atoms with Crippen LogP contribution in [0.2, 0.25) is 0 Å². The molecule has 0 saturated heterocycles. The summed E-state index contributed by atoms with van der Waals surface area (Å²) in [6.07, 6.45) is 0. The number of carbonyl (C=O) groups is 1. The maximum Gasteiger partial charge on any atom is 0.344 e. The van der Waals surface area contributed by atoms with Crippen LogP contribution >= 0.6 is 0 Å². The molecule has 220 valence electrons. The SMILES string of the molecule is COc1ccc(-c2cc(COC(=O)COc3cc(O)c4c(=O)cc(-c5ccccc5)oc4c3)nn2-c2ccc(C)cc2)cc1. The van der Waals surface area contributed by atoms with E-state index in [0.717, 1.165) is 28.3 Å². The van der Waals surface area contributed by atoms with E-state index >= 15 is 0 Å². The highest BCUT2D eigenvalue weighted by Crippen LogP contribution is 2.31. The lowest BCUT2D eigenvalue weighted by atomic mass is 10.1. The maximum atomic E-state index is 12.7. The fraction of sp³-hybridized carbons (Fsp3) is 0.114. The lowest BCUT2D eigenvalue weighted by molar-refractivity contribution is -0.147. The molecule has 0 fully saturated rings. The Morgan fingerprint density at radius 2 is 1.64 bits per heavy atom. The van der Waals surface area contributed by atoms with Crippen LogP contribution in [-0.4, -0.2) is 34.6 Å². The monoisotopic (exact) mass is 588 g/mol. The second-order valence-electron chi connectivity index (χ2n) is 10.1. The van der Waals surface area contributed by atoms with Gasteiger partial charge in [-0.25, -0.2) is 9.48 Å². The third-order valence-corrected chi connectivity index (χ3v) is 7.00. The summed E-state index contributed by atoms with van der Waals surface area (Å²) in [6.45, 7) is 1.50. The predicted octanol–water partition coefficient (Wildman–Crippen LogP) is 6.46. The van der Waals surface area contributed by atoms with E-state index in [1.807, 2.05) is 91.9 Å². The molecule has 9 nitrogen and oxygen atoms in total. The molecule has 0 bridgehead atoms. The molecular weight excluding hydrogens is 560 g/mol. The second-order valence-corrected chi connectivity index (χ2v) is 10.1. The molecule has 2 heterocycles. The quantitative estimate of drug-likeness (QED) is 0.192. The largest absolute Gasteiger partial charge is 0.507 e. The number of hydrogen-bond donors (Lipinski definition) is 1. The van der Waals surface area contributed by atoms with Crippen LogP contribution in [0.25, 0.3) is 39.2 Å². The minimum atomic E-state index is -0.639. The highest BCUT2D eigenvalue weighted by molar-refractivity contribution is 5.86. The maximum absolute atomic E-state index is 12.7. The molecule has 0 atom stereocenters. The molecule has 0 spiro atoms. The van der Waals surface area contributed by atoms with E-state index in [1.165, 1.54) is 18.2 Å². The van der Waals surface area contributed by atoms with Gasteiger partial charge in [0.2, 0.25) is 0 Å². The number of carbonyl (C=O) groups excluding carboxylic acids is 1. The Bertz CT molecular complexity index is 1990. The normalized spacial score (nSPS) is 11.0. The zero-order valence-corrected chi connectivity index (χ0v) is 24.0. The fourth-order valence-electron chi connectivity index (χ4n) is 4.76. The number of ether oxygens (including phenoxy) is 3. The topological polar surface area (TPSA) is 113 Å². The van der Waals surface area contributed by atoms with Crippen LogP contribution in [0.5, 0.6) is 17.2 Å². The summed E-state index contributed by atoms with van der Waals surface area (Å²) < 4.78 is 24.0. The van der Waals surface area contributed by atoms with Crippen molar-refractivity contribution in [2.24, 2.45) is 0 Å². The Balaban J connectivity index is 1.17. The number of methoxy groups -OCH3 is 1. The number of aromatic hydroxyl groups is 1. The van der Waals surface area contributed by atoms with Gasteiger partial charge in [-0.05, 0) is 49.4 Å². The molecule has 0 amide bonds. The predicted molar refractivity (Wildman–Crippen MR) is 165 cm³/mol. The van der Waals surface area contributed by atoms with Crippen molar-refractivity contribution in [1.29, 1.82) is 0 Å². The summed E-state index contributed by atoms with van der Waals surface area (Å²) in [5.41, 5.74) is 4.71. The van der Waals surface area contributed by atoms with Gasteiger partial charge in [-0.15, -0.1) is 0 Å². The molecule has 4 aromatic carbocycles. The first-order chi connectivity index (χ1) is 21.4. The minimum Gasteiger partial charge on any atom is -0.507 e. The van der Waals surface area contributed by atoms with Crippen molar-refractivity contribution in [3.05, 3.63) is 125 Å². The summed E-state index contributed by atoms with van der Waals surface area (Å²) in [5, 5.41) is 15.2. The first-order valence-electron chi connectivity index (χ1n) is 13.8. The number of rotatable bonds is 9. The van der Waals surface area contributed by atoms with Crippen molar-refractivity contribution in [1.82, 2.24) is 9.78 Å². The molecule has 0 saturated carbocycles. The molecular formula is C35H28N2O7. The van der Waals surface area contributed by atoms with E-state index < -0.39 is 18.0 Å². The van der Waals surface area contributed by atoms with E-state index in [-0.39, 0.29) is 29.1 Å². The van der Waals surface area contributed by atoms with Gasteiger partial charge >= 0.3 is 5.97 Å². The van der Waals surface area contributed by atoms with Crippen molar-refractivity contribution in [3.63, 3.8) is 0 Å². The number of benzene rings is 4. The number of hydrogen-bond acceptors (Lipinski definition) is 8. The van der Waals surface area contributed by atoms with Crippen molar-refractivity contribution in [2.45, 2.75) is 13.5 Å². The molecule has 0 aliphatic heterocycles. The number of nitrogens with zero attached hydrogens (tertiary/aromatic N) is 2. The molecule has 0 aliphatic carbocycles. The molecule has 0 aliphatic rings. The van der Waals surface area contributed by atoms with Crippen LogP contribution < -0.4 is 14.9 Å². The Morgan fingerprint density at radius 1 is 0.886 bits per heavy atom. The van der Waals surface area contributed by atoms with Crippen molar-refractivity contribution in [2.75, 3.05) is 13.7 Å². The lowest BCUT2D eigenvalue weighted by Gasteiger charge is -2.09. The van der Waals surface area contributed by atoms with Gasteiger partial charge in [-0.3, -0.25) is 4.79 Å². The van der Waals surface area contributed by atoms with Gasteiger partial charge in [0, 0.05) is 29.3 Å². The van der Waals surface area contributed by atoms with Gasteiger partial charge in [0.25, 0.3) is 0 Å². The minimum absolute atomic E-state index is 0.0245. The van der Waals surface area contributed by atoms with E-state index in [4.69, 9.17) is 23.7 Å². The van der Waals surface area contributed by atoms with E-state index in [1.54, 1.807) is 11.8 Å². The first kappa shape index (κ1) is 28.3. The van der Waals surface area contributed by atoms with Gasteiger partial charge in [0.1, 0.15) is 46.3 Å². The molecule has 1 N–H and O–H groups in total. The van der Waals surface area contributed by atoms with Crippen LogP contribution in [0.1, 0.15) is 11.3 Å². The van der Waals surface area contributed by atoms with Gasteiger partial charge in [0.05, 0.1) is 18.5 Å². The Labute approximate surface area is 252 Å². The van der Waals surface area contributed by atoms with Crippen molar-refractivity contribution >= 4 is 16.9 Å². The average molecular weight is 589 g/mol. The highest BCUT2D eigenvalue weighted by atomic mass is 16.6. The van der Waals surface area contributed by atoms with Crippen LogP contribution in [-0.2, 0) is 16.1 Å². The first-order valence-corrected chi connectivity index (χ1v) is 13.8. The molecule has 9 heteroatoms. The molecule has 2 aromatic heterocycles. The van der Waals surface area contributed by atoms with Crippen LogP contribution in [0.3, 0.4) is 0 Å². The molecule has 6 rings (SSSR count). The number of phenolic OH excluding ortho intramolecular Hbond substituents is 1. The van der Waals surface area contributed by atoms with Crippen LogP contribution in [0, 0.1) is 6.92 Å². The van der Waals surface area contributed by atoms with Crippen molar-refractivity contribution in [3.8, 4) is 45.5 Å². The second kappa shape index (κ2) is 12.2. The Hall–Kier alpha value is -5.83. The Kier molecular flexibility index (Phi) is 7.84. The standard InChI is InChI=1S/C35H28N2O7/c1-22-8-12-26(13-9-22)37-29(23-10-14-27(41-2)15-11-23)16-25(36-37)20-43-34(40)21-42-28-17-30(38)35-31(39)19-32(44-33(35)18-28)24-6-4-3-5-7-24/h3-19,38H,20-21H2,1-2H3. The van der Waals surface area contributed by atoms with Gasteiger partial charge in [-0.2, -0.15) is 5.10 Å². The average Bonchev–Trinajstić information content (AvgIpc) is 3.47. The Morgan fingerprint density at radius 3 is 2.36 bits per heavy atom. The third-order valence-electron chi connectivity index (χ3n) is 7.00. The van der Waals surface area contributed by atoms with Gasteiger partial charge in [0.15, 0.2) is 12.0 Å². The zero-order chi connectivity index (χ0) is 30.6. The smallest absolute Gasteiger partial charge is 0.344 e. The number of fused-ring (bicyclic) bond motifs is 1. The molecule has 0 radical (unpaired) electrons. The molecule has 44 heavy (non-hydrogen) atoms. The fourth-order valence-corrected chi connectivity index (χ4v) is 4.76. The van der Waals surface area contributed by atoms with Crippen LogP contribution in [0.4, 0.5) is 0 Å². The van der Waals surface area contributed by atoms with Gasteiger partial charge in [-0.1, -0.05) is 48.0 Å². The zero-order valence-electron chi connectivity index (χ0n) is 24.0. The molecule has 0 unspecified atom stereocenters. The summed E-state index contributed by atoms with van der Waals surface area (Å²) in [5.74, 6) is 0.276. The summed E-state index contributed by atoms with van der Waals surface area (Å²) in [7, 11) is 1.61. The summed E-state index contributed by atoms with van der Waals surface area (Å²) in [4.78, 5) is 25.3. The third kappa shape index (κ3) is 6.03.